The maximum Gasteiger partial charge on any atom is 0.252 e. The summed E-state index contributed by atoms with van der Waals surface area (Å²) in [6.45, 7) is 4.08. The van der Waals surface area contributed by atoms with Gasteiger partial charge in [0.05, 0.1) is 23.5 Å². The number of pyridine rings is 2. The molecule has 3 rings (SSSR count). The lowest BCUT2D eigenvalue weighted by Crippen LogP contribution is -2.50. The van der Waals surface area contributed by atoms with Gasteiger partial charge in [0.15, 0.2) is 11.6 Å². The van der Waals surface area contributed by atoms with E-state index in [1.54, 1.807) is 23.4 Å². The Hall–Kier alpha value is -3.40. The summed E-state index contributed by atoms with van der Waals surface area (Å²) in [5.41, 5.74) is 13.3. The summed E-state index contributed by atoms with van der Waals surface area (Å²) >= 11 is 0. The van der Waals surface area contributed by atoms with E-state index < -0.39 is 17.8 Å². The Morgan fingerprint density at radius 1 is 1.34 bits per heavy atom. The Balaban J connectivity index is 1.95. The molecule has 0 spiro atoms. The number of carbonyl (C=O) groups excluding carboxylic acids is 2. The zero-order valence-corrected chi connectivity index (χ0v) is 16.1. The second-order valence-electron chi connectivity index (χ2n) is 6.85. The fourth-order valence-electron chi connectivity index (χ4n) is 3.03. The third-order valence-corrected chi connectivity index (χ3v) is 4.54. The number of nitrogens with two attached hydrogens (primary N) is 2. The Morgan fingerprint density at radius 2 is 2.10 bits per heavy atom. The molecule has 2 aromatic rings. The van der Waals surface area contributed by atoms with Gasteiger partial charge in [0.25, 0.3) is 5.91 Å². The molecule has 5 N–H and O–H groups in total. The Bertz CT molecular complexity index is 993. The van der Waals surface area contributed by atoms with E-state index in [0.717, 1.165) is 11.6 Å². The number of primary amides is 1. The number of halogens is 1. The van der Waals surface area contributed by atoms with Gasteiger partial charge in [-0.05, 0) is 24.6 Å². The Kier molecular flexibility index (Phi) is 5.83. The van der Waals surface area contributed by atoms with Gasteiger partial charge in [-0.3, -0.25) is 14.6 Å². The van der Waals surface area contributed by atoms with E-state index in [1.807, 2.05) is 6.92 Å². The molecule has 0 aromatic carbocycles. The summed E-state index contributed by atoms with van der Waals surface area (Å²) in [5, 5.41) is 2.94. The first-order chi connectivity index (χ1) is 13.7. The van der Waals surface area contributed by atoms with Crippen LogP contribution in [0.15, 0.2) is 29.5 Å². The molecule has 1 atom stereocenters. The molecule has 1 aliphatic heterocycles. The standard InChI is InChI=1S/C19H22FN7O2/c1-10-5-12(8-23-7-10)24-18-13(17(22)29)6-14(20)19(26-18)25-16-3-4-27(11(2)28)9-15(16)21/h5-8,15H,3-4,9,21H2,1-2H3,(H2,22,29)(H,24,26). The molecule has 1 saturated heterocycles. The van der Waals surface area contributed by atoms with Crippen molar-refractivity contribution in [3.8, 4) is 0 Å². The van der Waals surface area contributed by atoms with Gasteiger partial charge in [0.2, 0.25) is 5.91 Å². The van der Waals surface area contributed by atoms with Crippen LogP contribution in [0.25, 0.3) is 0 Å². The highest BCUT2D eigenvalue weighted by atomic mass is 19.1. The van der Waals surface area contributed by atoms with Crippen molar-refractivity contribution in [1.29, 1.82) is 0 Å². The number of likely N-dealkylation sites (tertiary alicyclic amines) is 1. The number of hydrogen-bond donors (Lipinski definition) is 3. The van der Waals surface area contributed by atoms with Crippen molar-refractivity contribution >= 4 is 34.8 Å². The van der Waals surface area contributed by atoms with E-state index in [0.29, 0.717) is 30.9 Å². The third kappa shape index (κ3) is 4.72. The van der Waals surface area contributed by atoms with Crippen LogP contribution in [0.4, 0.5) is 21.7 Å². The minimum absolute atomic E-state index is 0.0698. The predicted octanol–water partition coefficient (Wildman–Crippen LogP) is 1.42. The smallest absolute Gasteiger partial charge is 0.252 e. The molecule has 1 unspecified atom stereocenters. The molecule has 10 heteroatoms. The number of amides is 2. The summed E-state index contributed by atoms with van der Waals surface area (Å²) in [6.07, 6.45) is 3.62. The normalized spacial score (nSPS) is 18.0. The van der Waals surface area contributed by atoms with Gasteiger partial charge in [0.1, 0.15) is 5.82 Å². The van der Waals surface area contributed by atoms with Crippen LogP contribution < -0.4 is 16.8 Å². The number of rotatable bonds is 4. The second-order valence-corrected chi connectivity index (χ2v) is 6.85. The molecule has 1 aliphatic rings. The number of hydrogen-bond acceptors (Lipinski definition) is 7. The van der Waals surface area contributed by atoms with Crippen molar-refractivity contribution < 1.29 is 14.0 Å². The van der Waals surface area contributed by atoms with E-state index in [4.69, 9.17) is 11.5 Å². The number of carbonyl (C=O) groups is 2. The van der Waals surface area contributed by atoms with Crippen LogP contribution in [0.1, 0.15) is 29.3 Å². The molecule has 0 radical (unpaired) electrons. The zero-order chi connectivity index (χ0) is 21.1. The molecule has 3 heterocycles. The van der Waals surface area contributed by atoms with Gasteiger partial charge in [-0.25, -0.2) is 14.4 Å². The maximum atomic E-state index is 14.6. The molecule has 0 saturated carbocycles. The predicted molar refractivity (Wildman–Crippen MR) is 107 cm³/mol. The minimum Gasteiger partial charge on any atom is -0.365 e. The van der Waals surface area contributed by atoms with E-state index in [-0.39, 0.29) is 23.1 Å². The molecule has 0 aliphatic carbocycles. The Labute approximate surface area is 167 Å². The first kappa shape index (κ1) is 20.3. The van der Waals surface area contributed by atoms with Crippen LogP contribution in [-0.2, 0) is 4.79 Å². The molecule has 29 heavy (non-hydrogen) atoms. The van der Waals surface area contributed by atoms with Gasteiger partial charge in [0, 0.05) is 38.3 Å². The fourth-order valence-corrected chi connectivity index (χ4v) is 3.03. The van der Waals surface area contributed by atoms with E-state index in [1.165, 1.54) is 6.92 Å². The van der Waals surface area contributed by atoms with Crippen molar-refractivity contribution in [3.05, 3.63) is 41.5 Å². The molecule has 2 aromatic heterocycles. The van der Waals surface area contributed by atoms with Crippen molar-refractivity contribution in [1.82, 2.24) is 14.9 Å². The molecular weight excluding hydrogens is 377 g/mol. The average Bonchev–Trinajstić information content (AvgIpc) is 2.65. The summed E-state index contributed by atoms with van der Waals surface area (Å²) in [6, 6.07) is 2.26. The van der Waals surface area contributed by atoms with Crippen LogP contribution >= 0.6 is 0 Å². The molecular formula is C19H22FN7O2. The highest BCUT2D eigenvalue weighted by molar-refractivity contribution is 5.99. The lowest BCUT2D eigenvalue weighted by Gasteiger charge is -2.31. The molecule has 2 amide bonds. The summed E-state index contributed by atoms with van der Waals surface area (Å²) in [5.74, 6) is -1.83. The molecule has 0 bridgehead atoms. The van der Waals surface area contributed by atoms with Crippen molar-refractivity contribution in [2.45, 2.75) is 26.3 Å². The number of piperidine rings is 1. The van der Waals surface area contributed by atoms with E-state index in [2.05, 4.69) is 20.3 Å². The number of nitrogens with zero attached hydrogens (tertiary/aromatic N) is 4. The monoisotopic (exact) mass is 399 g/mol. The summed E-state index contributed by atoms with van der Waals surface area (Å²) < 4.78 is 14.6. The SMILES string of the molecule is CC(=O)N1CCC(=Nc2nc(Nc3cncc(C)c3)c(C(N)=O)cc2F)C(N)C1. The summed E-state index contributed by atoms with van der Waals surface area (Å²) in [4.78, 5) is 37.4. The fraction of sp³-hybridized carbons (Fsp3) is 0.316. The van der Waals surface area contributed by atoms with Gasteiger partial charge in [-0.1, -0.05) is 0 Å². The van der Waals surface area contributed by atoms with Gasteiger partial charge in [-0.2, -0.15) is 0 Å². The van der Waals surface area contributed by atoms with E-state index in [9.17, 15) is 14.0 Å². The van der Waals surface area contributed by atoms with Gasteiger partial charge in [-0.15, -0.1) is 0 Å². The number of aliphatic imine (C=N–C) groups is 1. The molecule has 9 nitrogen and oxygen atoms in total. The average molecular weight is 399 g/mol. The minimum atomic E-state index is -0.829. The van der Waals surface area contributed by atoms with Crippen LogP contribution in [0.3, 0.4) is 0 Å². The van der Waals surface area contributed by atoms with Crippen molar-refractivity contribution in [2.24, 2.45) is 16.5 Å². The lowest BCUT2D eigenvalue weighted by molar-refractivity contribution is -0.129. The number of aryl methyl sites for hydroxylation is 1. The quantitative estimate of drug-likeness (QED) is 0.710. The first-order valence-electron chi connectivity index (χ1n) is 9.02. The summed E-state index contributed by atoms with van der Waals surface area (Å²) in [7, 11) is 0. The van der Waals surface area contributed by atoms with Gasteiger partial charge >= 0.3 is 0 Å². The molecule has 1 fully saturated rings. The van der Waals surface area contributed by atoms with Gasteiger partial charge < -0.3 is 21.7 Å². The number of nitrogens with one attached hydrogen (secondary N) is 1. The maximum absolute atomic E-state index is 14.6. The van der Waals surface area contributed by atoms with Crippen molar-refractivity contribution in [2.75, 3.05) is 18.4 Å². The third-order valence-electron chi connectivity index (χ3n) is 4.54. The highest BCUT2D eigenvalue weighted by Crippen LogP contribution is 2.26. The van der Waals surface area contributed by atoms with Crippen LogP contribution in [-0.4, -0.2) is 51.5 Å². The largest absolute Gasteiger partial charge is 0.365 e. The number of aromatic nitrogens is 2. The van der Waals surface area contributed by atoms with E-state index >= 15 is 0 Å². The lowest BCUT2D eigenvalue weighted by atomic mass is 10.0. The topological polar surface area (TPSA) is 140 Å². The first-order valence-corrected chi connectivity index (χ1v) is 9.02. The van der Waals surface area contributed by atoms with Crippen molar-refractivity contribution in [3.63, 3.8) is 0 Å². The highest BCUT2D eigenvalue weighted by Gasteiger charge is 2.25. The zero-order valence-electron chi connectivity index (χ0n) is 16.1. The van der Waals surface area contributed by atoms with Crippen LogP contribution in [0, 0.1) is 12.7 Å². The molecule has 152 valence electrons. The van der Waals surface area contributed by atoms with Crippen LogP contribution in [0.2, 0.25) is 0 Å². The van der Waals surface area contributed by atoms with Crippen LogP contribution in [0.5, 0.6) is 0 Å². The number of anilines is 2. The Morgan fingerprint density at radius 3 is 2.72 bits per heavy atom. The second kappa shape index (κ2) is 8.31.